The standard InChI is InChI=1S/C18H20Cl3NO3S/c1-3-4-18(23)12(2)22(17-11-14(20)7-10-16(17)21)26(24,25)15-8-5-13(19)6-9-15/h5-12,18,23H,3-4H2,1-2H3. The lowest BCUT2D eigenvalue weighted by atomic mass is 10.1. The van der Waals surface area contributed by atoms with Gasteiger partial charge in [-0.3, -0.25) is 4.31 Å². The van der Waals surface area contributed by atoms with Crippen molar-refractivity contribution >= 4 is 50.5 Å². The van der Waals surface area contributed by atoms with Crippen LogP contribution in [0.2, 0.25) is 15.1 Å². The number of aliphatic hydroxyl groups excluding tert-OH is 1. The first kappa shape index (κ1) is 21.3. The molecule has 2 aromatic carbocycles. The van der Waals surface area contributed by atoms with Gasteiger partial charge in [-0.2, -0.15) is 0 Å². The number of sulfonamides is 1. The Balaban J connectivity index is 2.63. The third-order valence-electron chi connectivity index (χ3n) is 4.03. The summed E-state index contributed by atoms with van der Waals surface area (Å²) < 4.78 is 27.8. The van der Waals surface area contributed by atoms with E-state index < -0.39 is 22.2 Å². The van der Waals surface area contributed by atoms with Crippen LogP contribution in [0.15, 0.2) is 47.4 Å². The highest BCUT2D eigenvalue weighted by Gasteiger charge is 2.34. The number of nitrogens with zero attached hydrogens (tertiary/aromatic N) is 1. The van der Waals surface area contributed by atoms with Crippen LogP contribution in [0.4, 0.5) is 5.69 Å². The molecule has 0 amide bonds. The molecule has 0 radical (unpaired) electrons. The molecule has 0 fully saturated rings. The normalized spacial score (nSPS) is 14.1. The molecule has 1 N–H and O–H groups in total. The van der Waals surface area contributed by atoms with Crippen molar-refractivity contribution in [2.45, 2.75) is 43.7 Å². The van der Waals surface area contributed by atoms with E-state index in [4.69, 9.17) is 34.8 Å². The maximum Gasteiger partial charge on any atom is 0.264 e. The summed E-state index contributed by atoms with van der Waals surface area (Å²) >= 11 is 18.2. The van der Waals surface area contributed by atoms with E-state index >= 15 is 0 Å². The highest BCUT2D eigenvalue weighted by atomic mass is 35.5. The Hall–Kier alpha value is -0.980. The lowest BCUT2D eigenvalue weighted by Gasteiger charge is -2.34. The molecule has 0 aliphatic carbocycles. The van der Waals surface area contributed by atoms with E-state index in [1.807, 2.05) is 6.92 Å². The zero-order valence-corrected chi connectivity index (χ0v) is 17.4. The summed E-state index contributed by atoms with van der Waals surface area (Å²) in [6.07, 6.45) is 0.299. The van der Waals surface area contributed by atoms with E-state index in [1.165, 1.54) is 36.4 Å². The second kappa shape index (κ2) is 8.81. The summed E-state index contributed by atoms with van der Waals surface area (Å²) in [6, 6.07) is 9.68. The van der Waals surface area contributed by atoms with Gasteiger partial charge in [-0.15, -0.1) is 0 Å². The van der Waals surface area contributed by atoms with Gasteiger partial charge in [0.2, 0.25) is 0 Å². The minimum Gasteiger partial charge on any atom is -0.391 e. The van der Waals surface area contributed by atoms with Crippen molar-refractivity contribution in [3.63, 3.8) is 0 Å². The average molecular weight is 437 g/mol. The monoisotopic (exact) mass is 435 g/mol. The lowest BCUT2D eigenvalue weighted by molar-refractivity contribution is 0.142. The molecule has 2 atom stereocenters. The van der Waals surface area contributed by atoms with E-state index in [0.29, 0.717) is 22.9 Å². The fourth-order valence-corrected chi connectivity index (χ4v) is 4.88. The quantitative estimate of drug-likeness (QED) is 0.633. The molecule has 142 valence electrons. The van der Waals surface area contributed by atoms with Crippen LogP contribution in [0.5, 0.6) is 0 Å². The summed E-state index contributed by atoms with van der Waals surface area (Å²) in [6.45, 7) is 3.56. The third-order valence-corrected chi connectivity index (χ3v) is 6.75. The summed E-state index contributed by atoms with van der Waals surface area (Å²) in [5.41, 5.74) is 0.219. The van der Waals surface area contributed by atoms with E-state index in [0.717, 1.165) is 4.31 Å². The zero-order chi connectivity index (χ0) is 19.5. The molecule has 0 saturated carbocycles. The molecule has 26 heavy (non-hydrogen) atoms. The van der Waals surface area contributed by atoms with Crippen LogP contribution in [0.25, 0.3) is 0 Å². The SMILES string of the molecule is CCCC(O)C(C)N(c1cc(Cl)ccc1Cl)S(=O)(=O)c1ccc(Cl)cc1. The molecule has 0 saturated heterocycles. The molecule has 0 aromatic heterocycles. The summed E-state index contributed by atoms with van der Waals surface area (Å²) in [4.78, 5) is 0.0495. The van der Waals surface area contributed by atoms with Crippen molar-refractivity contribution in [2.75, 3.05) is 4.31 Å². The van der Waals surface area contributed by atoms with Crippen LogP contribution in [-0.4, -0.2) is 25.7 Å². The van der Waals surface area contributed by atoms with Gasteiger partial charge in [0, 0.05) is 10.0 Å². The van der Waals surface area contributed by atoms with E-state index in [1.54, 1.807) is 13.0 Å². The van der Waals surface area contributed by atoms with Crippen LogP contribution in [-0.2, 0) is 10.0 Å². The van der Waals surface area contributed by atoms with E-state index in [-0.39, 0.29) is 15.6 Å². The van der Waals surface area contributed by atoms with Crippen molar-refractivity contribution in [1.82, 2.24) is 0 Å². The summed E-state index contributed by atoms with van der Waals surface area (Å²) in [5, 5.41) is 11.5. The molecule has 0 bridgehead atoms. The Morgan fingerprint density at radius 2 is 1.62 bits per heavy atom. The van der Waals surface area contributed by atoms with Crippen LogP contribution in [0, 0.1) is 0 Å². The second-order valence-electron chi connectivity index (χ2n) is 5.95. The zero-order valence-electron chi connectivity index (χ0n) is 14.4. The van der Waals surface area contributed by atoms with Crippen LogP contribution < -0.4 is 4.31 Å². The second-order valence-corrected chi connectivity index (χ2v) is 9.04. The predicted octanol–water partition coefficient (Wildman–Crippen LogP) is 5.39. The highest BCUT2D eigenvalue weighted by Crippen LogP contribution is 2.35. The van der Waals surface area contributed by atoms with Crippen LogP contribution in [0.3, 0.4) is 0 Å². The first-order valence-electron chi connectivity index (χ1n) is 8.11. The highest BCUT2D eigenvalue weighted by molar-refractivity contribution is 7.92. The van der Waals surface area contributed by atoms with Crippen molar-refractivity contribution in [2.24, 2.45) is 0 Å². The number of hydrogen-bond acceptors (Lipinski definition) is 3. The Kier molecular flexibility index (Phi) is 7.22. The summed E-state index contributed by atoms with van der Waals surface area (Å²) in [7, 11) is -4.00. The smallest absolute Gasteiger partial charge is 0.264 e. The fraction of sp³-hybridized carbons (Fsp3) is 0.333. The number of benzene rings is 2. The van der Waals surface area contributed by atoms with Crippen molar-refractivity contribution in [3.8, 4) is 0 Å². The van der Waals surface area contributed by atoms with Gasteiger partial charge in [-0.05, 0) is 55.8 Å². The maximum atomic E-state index is 13.3. The average Bonchev–Trinajstić information content (AvgIpc) is 2.58. The Morgan fingerprint density at radius 3 is 2.19 bits per heavy atom. The van der Waals surface area contributed by atoms with E-state index in [9.17, 15) is 13.5 Å². The van der Waals surface area contributed by atoms with Crippen LogP contribution >= 0.6 is 34.8 Å². The predicted molar refractivity (Wildman–Crippen MR) is 108 cm³/mol. The van der Waals surface area contributed by atoms with Crippen molar-refractivity contribution in [1.29, 1.82) is 0 Å². The first-order valence-corrected chi connectivity index (χ1v) is 10.7. The Labute approximate surface area is 169 Å². The molecule has 0 aliphatic rings. The van der Waals surface area contributed by atoms with Crippen molar-refractivity contribution < 1.29 is 13.5 Å². The minimum atomic E-state index is -4.00. The fourth-order valence-electron chi connectivity index (χ4n) is 2.64. The molecule has 0 spiro atoms. The molecule has 8 heteroatoms. The van der Waals surface area contributed by atoms with Gasteiger partial charge in [0.05, 0.1) is 27.8 Å². The van der Waals surface area contributed by atoms with Gasteiger partial charge in [0.15, 0.2) is 0 Å². The van der Waals surface area contributed by atoms with Gasteiger partial charge >= 0.3 is 0 Å². The van der Waals surface area contributed by atoms with Gasteiger partial charge in [0.25, 0.3) is 10.0 Å². The number of rotatable bonds is 7. The van der Waals surface area contributed by atoms with Gasteiger partial charge < -0.3 is 5.11 Å². The molecular weight excluding hydrogens is 417 g/mol. The Morgan fingerprint density at radius 1 is 1.04 bits per heavy atom. The molecule has 2 unspecified atom stereocenters. The number of halogens is 3. The summed E-state index contributed by atoms with van der Waals surface area (Å²) in [5.74, 6) is 0. The number of aliphatic hydroxyl groups is 1. The molecule has 0 aliphatic heterocycles. The molecule has 4 nitrogen and oxygen atoms in total. The molecular formula is C18H20Cl3NO3S. The minimum absolute atomic E-state index is 0.0495. The van der Waals surface area contributed by atoms with Crippen LogP contribution in [0.1, 0.15) is 26.7 Å². The largest absolute Gasteiger partial charge is 0.391 e. The van der Waals surface area contributed by atoms with Gasteiger partial charge in [-0.25, -0.2) is 8.42 Å². The first-order chi connectivity index (χ1) is 12.2. The van der Waals surface area contributed by atoms with Crippen molar-refractivity contribution in [3.05, 3.63) is 57.5 Å². The van der Waals surface area contributed by atoms with Gasteiger partial charge in [0.1, 0.15) is 0 Å². The third kappa shape index (κ3) is 4.65. The molecule has 0 heterocycles. The maximum absolute atomic E-state index is 13.3. The van der Waals surface area contributed by atoms with E-state index in [2.05, 4.69) is 0 Å². The lowest BCUT2D eigenvalue weighted by Crippen LogP contribution is -2.45. The number of hydrogen-bond donors (Lipinski definition) is 1. The molecule has 2 aromatic rings. The topological polar surface area (TPSA) is 57.6 Å². The van der Waals surface area contributed by atoms with Gasteiger partial charge in [-0.1, -0.05) is 48.1 Å². The molecule has 2 rings (SSSR count). The number of anilines is 1. The Bertz CT molecular complexity index is 856.